The smallest absolute Gasteiger partial charge is 0.239 e. The Bertz CT molecular complexity index is 817. The van der Waals surface area contributed by atoms with Crippen LogP contribution in [0.4, 0.5) is 28.9 Å². The van der Waals surface area contributed by atoms with E-state index in [0.717, 1.165) is 36.4 Å². The second-order valence-electron chi connectivity index (χ2n) is 5.76. The summed E-state index contributed by atoms with van der Waals surface area (Å²) >= 11 is 0. The van der Waals surface area contributed by atoms with E-state index in [1.807, 2.05) is 5.32 Å². The molecule has 0 fully saturated rings. The highest BCUT2D eigenvalue weighted by atomic mass is 19.2. The minimum Gasteiger partial charge on any atom is -0.325 e. The third-order valence-corrected chi connectivity index (χ3v) is 3.51. The SMILES string of the molecule is CC(C)(C(=O)Nc1ccc(F)c(F)c1)C(=O)Nc1c(F)cccc1F. The van der Waals surface area contributed by atoms with E-state index in [1.54, 1.807) is 0 Å². The summed E-state index contributed by atoms with van der Waals surface area (Å²) < 4.78 is 53.3. The molecule has 0 spiro atoms. The molecule has 132 valence electrons. The Morgan fingerprint density at radius 2 is 1.36 bits per heavy atom. The van der Waals surface area contributed by atoms with Gasteiger partial charge in [-0.2, -0.15) is 0 Å². The standard InChI is InChI=1S/C17H14F4N2O2/c1-17(2,15(24)22-9-6-7-10(18)13(21)8-9)16(25)23-14-11(19)4-3-5-12(14)20/h3-8H,1-2H3,(H,22,24)(H,23,25). The van der Waals surface area contributed by atoms with Crippen LogP contribution in [0.5, 0.6) is 0 Å². The van der Waals surface area contributed by atoms with Gasteiger partial charge in [0.2, 0.25) is 11.8 Å². The van der Waals surface area contributed by atoms with E-state index in [-0.39, 0.29) is 5.69 Å². The van der Waals surface area contributed by atoms with Gasteiger partial charge in [0, 0.05) is 11.8 Å². The lowest BCUT2D eigenvalue weighted by Gasteiger charge is -2.23. The minimum absolute atomic E-state index is 0.0677. The lowest BCUT2D eigenvalue weighted by atomic mass is 9.90. The number of benzene rings is 2. The molecule has 2 amide bonds. The molecule has 0 unspecified atom stereocenters. The molecule has 2 aromatic rings. The molecule has 25 heavy (non-hydrogen) atoms. The summed E-state index contributed by atoms with van der Waals surface area (Å²) in [5, 5.41) is 4.27. The van der Waals surface area contributed by atoms with Crippen LogP contribution in [0.25, 0.3) is 0 Å². The number of hydrogen-bond acceptors (Lipinski definition) is 2. The molecule has 8 heteroatoms. The Hall–Kier alpha value is -2.90. The minimum atomic E-state index is -1.75. The molecule has 2 N–H and O–H groups in total. The molecule has 0 aliphatic carbocycles. The molecule has 0 atom stereocenters. The summed E-state index contributed by atoms with van der Waals surface area (Å²) in [7, 11) is 0. The molecule has 0 aliphatic heterocycles. The average molecular weight is 354 g/mol. The van der Waals surface area contributed by atoms with E-state index in [2.05, 4.69) is 5.32 Å². The lowest BCUT2D eigenvalue weighted by Crippen LogP contribution is -2.42. The van der Waals surface area contributed by atoms with Gasteiger partial charge < -0.3 is 10.6 Å². The highest BCUT2D eigenvalue weighted by molar-refractivity contribution is 6.14. The van der Waals surface area contributed by atoms with Crippen molar-refractivity contribution in [1.29, 1.82) is 0 Å². The first-order valence-electron chi connectivity index (χ1n) is 7.15. The third-order valence-electron chi connectivity index (χ3n) is 3.51. The molecule has 0 heterocycles. The van der Waals surface area contributed by atoms with E-state index < -0.39 is 46.2 Å². The van der Waals surface area contributed by atoms with E-state index in [9.17, 15) is 27.2 Å². The first-order valence-corrected chi connectivity index (χ1v) is 7.15. The number of hydrogen-bond donors (Lipinski definition) is 2. The van der Waals surface area contributed by atoms with Crippen LogP contribution in [-0.4, -0.2) is 11.8 Å². The molecule has 0 saturated carbocycles. The number of nitrogens with one attached hydrogen (secondary N) is 2. The Morgan fingerprint density at radius 3 is 1.92 bits per heavy atom. The van der Waals surface area contributed by atoms with Crippen LogP contribution in [0.1, 0.15) is 13.8 Å². The maximum atomic E-state index is 13.6. The van der Waals surface area contributed by atoms with Crippen molar-refractivity contribution in [2.24, 2.45) is 5.41 Å². The molecule has 2 aromatic carbocycles. The monoisotopic (exact) mass is 354 g/mol. The predicted octanol–water partition coefficient (Wildman–Crippen LogP) is 3.85. The van der Waals surface area contributed by atoms with Crippen molar-refractivity contribution in [3.05, 3.63) is 59.7 Å². The van der Waals surface area contributed by atoms with Crippen LogP contribution in [0.2, 0.25) is 0 Å². The van der Waals surface area contributed by atoms with Gasteiger partial charge in [-0.3, -0.25) is 9.59 Å². The quantitative estimate of drug-likeness (QED) is 0.647. The van der Waals surface area contributed by atoms with Crippen LogP contribution in [0.3, 0.4) is 0 Å². The molecular formula is C17H14F4N2O2. The van der Waals surface area contributed by atoms with Gasteiger partial charge in [0.05, 0.1) is 0 Å². The van der Waals surface area contributed by atoms with Crippen molar-refractivity contribution in [2.45, 2.75) is 13.8 Å². The number of para-hydroxylation sites is 1. The number of rotatable bonds is 4. The normalized spacial score (nSPS) is 11.1. The van der Waals surface area contributed by atoms with Gasteiger partial charge in [-0.15, -0.1) is 0 Å². The van der Waals surface area contributed by atoms with Gasteiger partial charge in [-0.25, -0.2) is 17.6 Å². The number of halogens is 4. The lowest BCUT2D eigenvalue weighted by molar-refractivity contribution is -0.135. The van der Waals surface area contributed by atoms with Crippen molar-refractivity contribution >= 4 is 23.2 Å². The molecule has 0 radical (unpaired) electrons. The summed E-state index contributed by atoms with van der Waals surface area (Å²) in [5.41, 5.74) is -2.50. The zero-order valence-corrected chi connectivity index (χ0v) is 13.3. The Kier molecular flexibility index (Phi) is 5.10. The van der Waals surface area contributed by atoms with Gasteiger partial charge in [0.15, 0.2) is 11.6 Å². The van der Waals surface area contributed by atoms with Gasteiger partial charge in [0.1, 0.15) is 22.7 Å². The Morgan fingerprint density at radius 1 is 0.800 bits per heavy atom. The first kappa shape index (κ1) is 18.4. The molecule has 0 saturated heterocycles. The highest BCUT2D eigenvalue weighted by Crippen LogP contribution is 2.25. The predicted molar refractivity (Wildman–Crippen MR) is 83.8 cm³/mol. The zero-order chi connectivity index (χ0) is 18.8. The van der Waals surface area contributed by atoms with E-state index in [4.69, 9.17) is 0 Å². The van der Waals surface area contributed by atoms with Gasteiger partial charge in [-0.05, 0) is 38.1 Å². The molecular weight excluding hydrogens is 340 g/mol. The zero-order valence-electron chi connectivity index (χ0n) is 13.3. The fraction of sp³-hybridized carbons (Fsp3) is 0.176. The van der Waals surface area contributed by atoms with E-state index in [1.165, 1.54) is 13.8 Å². The second kappa shape index (κ2) is 6.92. The van der Waals surface area contributed by atoms with Crippen LogP contribution < -0.4 is 10.6 Å². The number of amides is 2. The fourth-order valence-corrected chi connectivity index (χ4v) is 1.85. The second-order valence-corrected chi connectivity index (χ2v) is 5.76. The summed E-state index contributed by atoms with van der Waals surface area (Å²) in [6, 6.07) is 5.70. The maximum absolute atomic E-state index is 13.6. The number of anilines is 2. The molecule has 0 aromatic heterocycles. The van der Waals surface area contributed by atoms with Crippen LogP contribution >= 0.6 is 0 Å². The van der Waals surface area contributed by atoms with Crippen LogP contribution in [-0.2, 0) is 9.59 Å². The fourth-order valence-electron chi connectivity index (χ4n) is 1.85. The Balaban J connectivity index is 2.17. The van der Waals surface area contributed by atoms with Crippen molar-refractivity contribution in [2.75, 3.05) is 10.6 Å². The van der Waals surface area contributed by atoms with Gasteiger partial charge in [0.25, 0.3) is 0 Å². The molecule has 0 aliphatic rings. The van der Waals surface area contributed by atoms with E-state index in [0.29, 0.717) is 0 Å². The molecule has 4 nitrogen and oxygen atoms in total. The van der Waals surface area contributed by atoms with Crippen molar-refractivity contribution in [1.82, 2.24) is 0 Å². The van der Waals surface area contributed by atoms with Crippen LogP contribution in [0.15, 0.2) is 36.4 Å². The summed E-state index contributed by atoms with van der Waals surface area (Å²) in [6.07, 6.45) is 0. The highest BCUT2D eigenvalue weighted by Gasteiger charge is 2.37. The molecule has 2 rings (SSSR count). The topological polar surface area (TPSA) is 58.2 Å². The average Bonchev–Trinajstić information content (AvgIpc) is 2.54. The van der Waals surface area contributed by atoms with E-state index >= 15 is 0 Å². The number of carbonyl (C=O) groups excluding carboxylic acids is 2. The summed E-state index contributed by atoms with van der Waals surface area (Å²) in [6.45, 7) is 2.44. The first-order chi connectivity index (χ1) is 11.6. The Labute approximate surface area is 140 Å². The van der Waals surface area contributed by atoms with Crippen molar-refractivity contribution in [3.8, 4) is 0 Å². The summed E-state index contributed by atoms with van der Waals surface area (Å²) in [5.74, 6) is -6.10. The van der Waals surface area contributed by atoms with Crippen molar-refractivity contribution < 1.29 is 27.2 Å². The number of carbonyl (C=O) groups is 2. The summed E-state index contributed by atoms with van der Waals surface area (Å²) in [4.78, 5) is 24.5. The maximum Gasteiger partial charge on any atom is 0.239 e. The largest absolute Gasteiger partial charge is 0.325 e. The van der Waals surface area contributed by atoms with Crippen molar-refractivity contribution in [3.63, 3.8) is 0 Å². The third kappa shape index (κ3) is 3.96. The molecule has 0 bridgehead atoms. The van der Waals surface area contributed by atoms with Crippen LogP contribution in [0, 0.1) is 28.7 Å². The van der Waals surface area contributed by atoms with Gasteiger partial charge >= 0.3 is 0 Å². The van der Waals surface area contributed by atoms with Gasteiger partial charge in [-0.1, -0.05) is 6.07 Å².